The topological polar surface area (TPSA) is 42.9 Å². The molecule has 0 amide bonds. The van der Waals surface area contributed by atoms with Gasteiger partial charge in [0.05, 0.1) is 16.9 Å². The second-order valence-corrected chi connectivity index (χ2v) is 3.82. The Kier molecular flexibility index (Phi) is 3.17. The van der Waals surface area contributed by atoms with Crippen molar-refractivity contribution < 1.29 is 4.79 Å². The summed E-state index contributed by atoms with van der Waals surface area (Å²) < 4.78 is 0. The van der Waals surface area contributed by atoms with Crippen LogP contribution in [0.15, 0.2) is 30.5 Å². The summed E-state index contributed by atoms with van der Waals surface area (Å²) in [6, 6.07) is 6.89. The van der Waals surface area contributed by atoms with E-state index in [2.05, 4.69) is 9.97 Å². The average Bonchev–Trinajstić information content (AvgIpc) is 2.32. The minimum Gasteiger partial charge on any atom is -0.298 e. The molecule has 0 unspecified atom stereocenters. The van der Waals surface area contributed by atoms with E-state index in [0.29, 0.717) is 16.3 Å². The zero-order chi connectivity index (χ0) is 11.5. The van der Waals surface area contributed by atoms with Crippen molar-refractivity contribution in [3.05, 3.63) is 46.3 Å². The van der Waals surface area contributed by atoms with Crippen LogP contribution < -0.4 is 0 Å². The molecule has 0 aliphatic heterocycles. The average molecular weight is 253 g/mol. The molecule has 0 fully saturated rings. The molecule has 1 aromatic heterocycles. The van der Waals surface area contributed by atoms with Crippen LogP contribution in [0.3, 0.4) is 0 Å². The van der Waals surface area contributed by atoms with E-state index in [0.717, 1.165) is 11.8 Å². The van der Waals surface area contributed by atoms with Crippen LogP contribution in [-0.4, -0.2) is 16.3 Å². The summed E-state index contributed by atoms with van der Waals surface area (Å²) in [4.78, 5) is 18.3. The lowest BCUT2D eigenvalue weighted by atomic mass is 10.1. The summed E-state index contributed by atoms with van der Waals surface area (Å²) in [5, 5.41) is 0.558. The number of benzene rings is 1. The van der Waals surface area contributed by atoms with Crippen LogP contribution in [0.1, 0.15) is 10.4 Å². The van der Waals surface area contributed by atoms with Crippen molar-refractivity contribution in [2.45, 2.75) is 0 Å². The van der Waals surface area contributed by atoms with E-state index in [1.807, 2.05) is 0 Å². The van der Waals surface area contributed by atoms with Gasteiger partial charge in [0.25, 0.3) is 0 Å². The molecule has 1 heterocycles. The lowest BCUT2D eigenvalue weighted by molar-refractivity contribution is 0.112. The van der Waals surface area contributed by atoms with Gasteiger partial charge in [0.15, 0.2) is 0 Å². The lowest BCUT2D eigenvalue weighted by Gasteiger charge is -2.03. The van der Waals surface area contributed by atoms with Crippen molar-refractivity contribution in [2.75, 3.05) is 0 Å². The van der Waals surface area contributed by atoms with Crippen molar-refractivity contribution in [2.24, 2.45) is 0 Å². The molecule has 0 N–H and O–H groups in total. The molecule has 0 atom stereocenters. The molecule has 0 radical (unpaired) electrons. The van der Waals surface area contributed by atoms with Gasteiger partial charge in [0.2, 0.25) is 5.28 Å². The molecule has 2 aromatic rings. The first-order valence-corrected chi connectivity index (χ1v) is 5.20. The highest BCUT2D eigenvalue weighted by molar-refractivity contribution is 6.33. The molecule has 0 saturated carbocycles. The molecule has 0 aliphatic carbocycles. The SMILES string of the molecule is O=Cc1ccc(-c2nc(Cl)ncc2Cl)cc1. The number of aldehydes is 1. The zero-order valence-corrected chi connectivity index (χ0v) is 9.53. The first kappa shape index (κ1) is 11.0. The first-order valence-electron chi connectivity index (χ1n) is 4.44. The van der Waals surface area contributed by atoms with E-state index < -0.39 is 0 Å². The maximum Gasteiger partial charge on any atom is 0.222 e. The van der Waals surface area contributed by atoms with Crippen LogP contribution in [0.25, 0.3) is 11.3 Å². The predicted octanol–water partition coefficient (Wildman–Crippen LogP) is 3.26. The molecule has 0 bridgehead atoms. The van der Waals surface area contributed by atoms with E-state index in [1.165, 1.54) is 6.20 Å². The van der Waals surface area contributed by atoms with Gasteiger partial charge in [-0.15, -0.1) is 0 Å². The largest absolute Gasteiger partial charge is 0.298 e. The minimum atomic E-state index is 0.138. The number of carbonyl (C=O) groups is 1. The molecule has 80 valence electrons. The molecule has 0 saturated heterocycles. The number of hydrogen-bond donors (Lipinski definition) is 0. The smallest absolute Gasteiger partial charge is 0.222 e. The van der Waals surface area contributed by atoms with Crippen LogP contribution >= 0.6 is 23.2 Å². The molecule has 2 rings (SSSR count). The Morgan fingerprint density at radius 1 is 1.12 bits per heavy atom. The van der Waals surface area contributed by atoms with E-state index >= 15 is 0 Å². The van der Waals surface area contributed by atoms with E-state index in [-0.39, 0.29) is 5.28 Å². The molecular formula is C11H6Cl2N2O. The van der Waals surface area contributed by atoms with Crippen molar-refractivity contribution in [1.82, 2.24) is 9.97 Å². The van der Waals surface area contributed by atoms with Crippen LogP contribution in [0.4, 0.5) is 0 Å². The Morgan fingerprint density at radius 3 is 2.44 bits per heavy atom. The summed E-state index contributed by atoms with van der Waals surface area (Å²) >= 11 is 11.6. The van der Waals surface area contributed by atoms with Crippen LogP contribution in [0, 0.1) is 0 Å². The second kappa shape index (κ2) is 4.60. The fourth-order valence-corrected chi connectivity index (χ4v) is 1.60. The summed E-state index contributed by atoms with van der Waals surface area (Å²) in [6.07, 6.45) is 2.22. The van der Waals surface area contributed by atoms with Gasteiger partial charge < -0.3 is 0 Å². The fourth-order valence-electron chi connectivity index (χ4n) is 1.27. The zero-order valence-electron chi connectivity index (χ0n) is 8.02. The molecule has 1 aromatic carbocycles. The molecule has 0 aliphatic rings. The first-order chi connectivity index (χ1) is 7.70. The van der Waals surface area contributed by atoms with Crippen LogP contribution in [-0.2, 0) is 0 Å². The third-order valence-electron chi connectivity index (χ3n) is 2.03. The number of aromatic nitrogens is 2. The third kappa shape index (κ3) is 2.21. The van der Waals surface area contributed by atoms with Crippen molar-refractivity contribution in [1.29, 1.82) is 0 Å². The summed E-state index contributed by atoms with van der Waals surface area (Å²) in [7, 11) is 0. The predicted molar refractivity (Wildman–Crippen MR) is 62.9 cm³/mol. The van der Waals surface area contributed by atoms with Gasteiger partial charge in [-0.05, 0) is 11.6 Å². The summed E-state index contributed by atoms with van der Waals surface area (Å²) in [5.41, 5.74) is 1.94. The number of halogens is 2. The van der Waals surface area contributed by atoms with Gasteiger partial charge >= 0.3 is 0 Å². The van der Waals surface area contributed by atoms with Crippen LogP contribution in [0.5, 0.6) is 0 Å². The van der Waals surface area contributed by atoms with Crippen LogP contribution in [0.2, 0.25) is 10.3 Å². The Bertz CT molecular complexity index is 526. The standard InChI is InChI=1S/C11H6Cl2N2O/c12-9-5-14-11(13)15-10(9)8-3-1-7(6-16)2-4-8/h1-6H. The minimum absolute atomic E-state index is 0.138. The van der Waals surface area contributed by atoms with Gasteiger partial charge in [-0.25, -0.2) is 9.97 Å². The molecule has 16 heavy (non-hydrogen) atoms. The fraction of sp³-hybridized carbons (Fsp3) is 0. The molecule has 3 nitrogen and oxygen atoms in total. The summed E-state index contributed by atoms with van der Waals surface area (Å²) in [5.74, 6) is 0. The van der Waals surface area contributed by atoms with Gasteiger partial charge in [-0.1, -0.05) is 35.9 Å². The highest BCUT2D eigenvalue weighted by Crippen LogP contribution is 2.26. The van der Waals surface area contributed by atoms with E-state index in [4.69, 9.17) is 23.2 Å². The molecule has 5 heteroatoms. The lowest BCUT2D eigenvalue weighted by Crippen LogP contribution is -1.89. The highest BCUT2D eigenvalue weighted by atomic mass is 35.5. The van der Waals surface area contributed by atoms with E-state index in [1.54, 1.807) is 24.3 Å². The Balaban J connectivity index is 2.49. The maximum absolute atomic E-state index is 10.5. The third-order valence-corrected chi connectivity index (χ3v) is 2.49. The van der Waals surface area contributed by atoms with Crippen molar-refractivity contribution in [3.63, 3.8) is 0 Å². The summed E-state index contributed by atoms with van der Waals surface area (Å²) in [6.45, 7) is 0. The number of nitrogens with zero attached hydrogens (tertiary/aromatic N) is 2. The highest BCUT2D eigenvalue weighted by Gasteiger charge is 2.06. The quantitative estimate of drug-likeness (QED) is 0.609. The maximum atomic E-state index is 10.5. The van der Waals surface area contributed by atoms with Gasteiger partial charge in [0, 0.05) is 11.1 Å². The normalized spacial score (nSPS) is 10.1. The molecule has 0 spiro atoms. The molecular weight excluding hydrogens is 247 g/mol. The van der Waals surface area contributed by atoms with Gasteiger partial charge in [0.1, 0.15) is 6.29 Å². The van der Waals surface area contributed by atoms with E-state index in [9.17, 15) is 4.79 Å². The monoisotopic (exact) mass is 252 g/mol. The van der Waals surface area contributed by atoms with Crippen molar-refractivity contribution in [3.8, 4) is 11.3 Å². The number of carbonyl (C=O) groups excluding carboxylic acids is 1. The Morgan fingerprint density at radius 2 is 1.81 bits per heavy atom. The van der Waals surface area contributed by atoms with Gasteiger partial charge in [-0.2, -0.15) is 0 Å². The number of rotatable bonds is 2. The Labute approximate surface area is 102 Å². The second-order valence-electron chi connectivity index (χ2n) is 3.08. The number of hydrogen-bond acceptors (Lipinski definition) is 3. The van der Waals surface area contributed by atoms with Crippen molar-refractivity contribution >= 4 is 29.5 Å². The Hall–Kier alpha value is -1.45. The van der Waals surface area contributed by atoms with Gasteiger partial charge in [-0.3, -0.25) is 4.79 Å².